The Kier molecular flexibility index (Phi) is 4.38. The highest BCUT2D eigenvalue weighted by molar-refractivity contribution is 7.89. The lowest BCUT2D eigenvalue weighted by Gasteiger charge is -2.36. The average molecular weight is 294 g/mol. The zero-order valence-corrected chi connectivity index (χ0v) is 12.2. The van der Waals surface area contributed by atoms with Crippen molar-refractivity contribution in [3.8, 4) is 6.07 Å². The summed E-state index contributed by atoms with van der Waals surface area (Å²) in [6.45, 7) is 2.31. The highest BCUT2D eigenvalue weighted by Crippen LogP contribution is 2.26. The van der Waals surface area contributed by atoms with E-state index in [1.54, 1.807) is 0 Å². The third-order valence-corrected chi connectivity index (χ3v) is 5.47. The van der Waals surface area contributed by atoms with Crippen LogP contribution < -0.4 is 5.73 Å². The number of nitrogens with two attached hydrogens (primary N) is 1. The van der Waals surface area contributed by atoms with Crippen molar-refractivity contribution in [2.24, 2.45) is 5.73 Å². The highest BCUT2D eigenvalue weighted by Gasteiger charge is 2.35. The molecule has 0 radical (unpaired) electrons. The molecule has 1 aromatic rings. The van der Waals surface area contributed by atoms with E-state index in [0.29, 0.717) is 6.54 Å². The predicted octanol–water partition coefficient (Wildman–Crippen LogP) is 0.844. The van der Waals surface area contributed by atoms with E-state index in [0.717, 1.165) is 19.3 Å². The lowest BCUT2D eigenvalue weighted by molar-refractivity contribution is 0.227. The van der Waals surface area contributed by atoms with Crippen LogP contribution in [0.2, 0.25) is 0 Å². The molecule has 2 heterocycles. The van der Waals surface area contributed by atoms with Crippen molar-refractivity contribution in [2.45, 2.75) is 43.2 Å². The largest absolute Gasteiger partial charge is 0.326 e. The maximum Gasteiger partial charge on any atom is 0.244 e. The van der Waals surface area contributed by atoms with Gasteiger partial charge in [0.15, 0.2) is 0 Å². The van der Waals surface area contributed by atoms with Gasteiger partial charge in [-0.3, -0.25) is 0 Å². The Balaban J connectivity index is 2.34. The Morgan fingerprint density at radius 1 is 1.50 bits per heavy atom. The lowest BCUT2D eigenvalue weighted by Crippen LogP contribution is -2.51. The summed E-state index contributed by atoms with van der Waals surface area (Å²) >= 11 is 0. The molecule has 2 rings (SSSR count). The third-order valence-electron chi connectivity index (χ3n) is 3.56. The molecule has 0 spiro atoms. The number of piperidine rings is 1. The second-order valence-corrected chi connectivity index (χ2v) is 6.92. The summed E-state index contributed by atoms with van der Waals surface area (Å²) < 4.78 is 26.8. The Bertz CT molecular complexity index is 604. The Hall–Kier alpha value is -1.49. The summed E-state index contributed by atoms with van der Waals surface area (Å²) in [7, 11) is -3.60. The normalized spacial score (nSPS) is 22.1. The van der Waals surface area contributed by atoms with Crippen LogP contribution >= 0.6 is 0 Å². The van der Waals surface area contributed by atoms with E-state index < -0.39 is 10.0 Å². The van der Waals surface area contributed by atoms with Gasteiger partial charge < -0.3 is 5.73 Å². The van der Waals surface area contributed by atoms with Crippen LogP contribution in [0.5, 0.6) is 0 Å². The van der Waals surface area contributed by atoms with Gasteiger partial charge in [0.1, 0.15) is 16.7 Å². The van der Waals surface area contributed by atoms with Gasteiger partial charge >= 0.3 is 0 Å². The second kappa shape index (κ2) is 5.87. The molecule has 1 aromatic heterocycles. The monoisotopic (exact) mass is 294 g/mol. The van der Waals surface area contributed by atoms with Crippen LogP contribution in [-0.4, -0.2) is 36.3 Å². The Morgan fingerprint density at radius 2 is 2.25 bits per heavy atom. The summed E-state index contributed by atoms with van der Waals surface area (Å²) in [4.78, 5) is 3.94. The molecule has 2 atom stereocenters. The molecule has 1 aliphatic heterocycles. The van der Waals surface area contributed by atoms with Crippen molar-refractivity contribution >= 4 is 10.0 Å². The Labute approximate surface area is 119 Å². The SMILES string of the molecule is CC(N)C1CCCCN1S(=O)(=O)c1ccc(C#N)nc1. The van der Waals surface area contributed by atoms with Crippen LogP contribution in [-0.2, 0) is 10.0 Å². The highest BCUT2D eigenvalue weighted by atomic mass is 32.2. The third kappa shape index (κ3) is 2.82. The molecule has 1 saturated heterocycles. The molecule has 2 N–H and O–H groups in total. The molecular weight excluding hydrogens is 276 g/mol. The molecule has 0 bridgehead atoms. The maximum absolute atomic E-state index is 12.6. The fourth-order valence-corrected chi connectivity index (χ4v) is 4.21. The first kappa shape index (κ1) is 14.9. The summed E-state index contributed by atoms with van der Waals surface area (Å²) in [6, 6.07) is 4.32. The van der Waals surface area contributed by atoms with E-state index >= 15 is 0 Å². The van der Waals surface area contributed by atoms with Crippen LogP contribution in [0, 0.1) is 11.3 Å². The predicted molar refractivity (Wildman–Crippen MR) is 74.1 cm³/mol. The van der Waals surface area contributed by atoms with Gasteiger partial charge in [-0.15, -0.1) is 0 Å². The summed E-state index contributed by atoms with van der Waals surface area (Å²) in [6.07, 6.45) is 3.84. The number of pyridine rings is 1. The molecule has 0 aromatic carbocycles. The van der Waals surface area contributed by atoms with Crippen molar-refractivity contribution in [1.82, 2.24) is 9.29 Å². The maximum atomic E-state index is 12.6. The van der Waals surface area contributed by atoms with Crippen molar-refractivity contribution in [1.29, 1.82) is 5.26 Å². The minimum atomic E-state index is -3.60. The van der Waals surface area contributed by atoms with Gasteiger partial charge in [-0.1, -0.05) is 6.42 Å². The lowest BCUT2D eigenvalue weighted by atomic mass is 10.00. The van der Waals surface area contributed by atoms with Crippen LogP contribution in [0.1, 0.15) is 31.9 Å². The first-order valence-electron chi connectivity index (χ1n) is 6.60. The number of sulfonamides is 1. The van der Waals surface area contributed by atoms with Crippen LogP contribution in [0.3, 0.4) is 0 Å². The molecule has 108 valence electrons. The summed E-state index contributed by atoms with van der Waals surface area (Å²) in [5.74, 6) is 0. The fourth-order valence-electron chi connectivity index (χ4n) is 2.49. The first-order valence-corrected chi connectivity index (χ1v) is 8.04. The molecule has 20 heavy (non-hydrogen) atoms. The number of nitrogens with zero attached hydrogens (tertiary/aromatic N) is 3. The first-order chi connectivity index (χ1) is 9.46. The molecule has 6 nitrogen and oxygen atoms in total. The van der Waals surface area contributed by atoms with Crippen LogP contribution in [0.15, 0.2) is 23.2 Å². The number of hydrogen-bond acceptors (Lipinski definition) is 5. The molecule has 0 aliphatic carbocycles. The number of hydrogen-bond donors (Lipinski definition) is 1. The van der Waals surface area contributed by atoms with Crippen LogP contribution in [0.25, 0.3) is 0 Å². The van der Waals surface area contributed by atoms with Crippen molar-refractivity contribution in [3.05, 3.63) is 24.0 Å². The van der Waals surface area contributed by atoms with Gasteiger partial charge in [-0.2, -0.15) is 9.57 Å². The second-order valence-electron chi connectivity index (χ2n) is 5.03. The van der Waals surface area contributed by atoms with E-state index in [-0.39, 0.29) is 22.7 Å². The van der Waals surface area contributed by atoms with Gasteiger partial charge in [-0.05, 0) is 31.9 Å². The van der Waals surface area contributed by atoms with Gasteiger partial charge in [0.05, 0.1) is 0 Å². The smallest absolute Gasteiger partial charge is 0.244 e. The van der Waals surface area contributed by atoms with E-state index in [1.165, 1.54) is 22.6 Å². The Morgan fingerprint density at radius 3 is 2.80 bits per heavy atom. The number of aromatic nitrogens is 1. The van der Waals surface area contributed by atoms with E-state index in [4.69, 9.17) is 11.0 Å². The average Bonchev–Trinajstić information content (AvgIpc) is 2.47. The molecular formula is C13H18N4O2S. The number of rotatable bonds is 3. The summed E-state index contributed by atoms with van der Waals surface area (Å²) in [5, 5.41) is 8.71. The van der Waals surface area contributed by atoms with E-state index in [9.17, 15) is 8.42 Å². The molecule has 1 aliphatic rings. The van der Waals surface area contributed by atoms with Gasteiger partial charge in [0.2, 0.25) is 10.0 Å². The molecule has 7 heteroatoms. The fraction of sp³-hybridized carbons (Fsp3) is 0.538. The zero-order valence-electron chi connectivity index (χ0n) is 11.4. The van der Waals surface area contributed by atoms with E-state index in [2.05, 4.69) is 4.98 Å². The quantitative estimate of drug-likeness (QED) is 0.890. The van der Waals surface area contributed by atoms with Crippen LogP contribution in [0.4, 0.5) is 0 Å². The van der Waals surface area contributed by atoms with Crippen molar-refractivity contribution in [2.75, 3.05) is 6.54 Å². The minimum absolute atomic E-state index is 0.115. The minimum Gasteiger partial charge on any atom is -0.326 e. The standard InChI is InChI=1S/C13H18N4O2S/c1-10(15)13-4-2-3-7-17(13)20(18,19)12-6-5-11(8-14)16-9-12/h5-6,9-10,13H,2-4,7,15H2,1H3. The van der Waals surface area contributed by atoms with Gasteiger partial charge in [-0.25, -0.2) is 13.4 Å². The van der Waals surface area contributed by atoms with Crippen molar-refractivity contribution in [3.63, 3.8) is 0 Å². The number of nitriles is 1. The topological polar surface area (TPSA) is 100 Å². The molecule has 0 saturated carbocycles. The van der Waals surface area contributed by atoms with Crippen molar-refractivity contribution < 1.29 is 8.42 Å². The van der Waals surface area contributed by atoms with E-state index in [1.807, 2.05) is 13.0 Å². The molecule has 0 amide bonds. The van der Waals surface area contributed by atoms with Gasteiger partial charge in [0, 0.05) is 24.8 Å². The molecule has 1 fully saturated rings. The molecule has 2 unspecified atom stereocenters. The summed E-state index contributed by atoms with van der Waals surface area (Å²) in [5.41, 5.74) is 6.11. The zero-order chi connectivity index (χ0) is 14.8. The van der Waals surface area contributed by atoms with Gasteiger partial charge in [0.25, 0.3) is 0 Å².